The number of thioether (sulfide) groups is 1. The number of hydrogen-bond acceptors (Lipinski definition) is 5. The van der Waals surface area contributed by atoms with Crippen LogP contribution in [0.1, 0.15) is 50.5 Å². The fraction of sp³-hybridized carbons (Fsp3) is 0.429. The Hall–Kier alpha value is -2.01. The number of pyridine rings is 1. The second kappa shape index (κ2) is 7.31. The minimum Gasteiger partial charge on any atom is -0.491 e. The van der Waals surface area contributed by atoms with E-state index < -0.39 is 0 Å². The summed E-state index contributed by atoms with van der Waals surface area (Å²) in [6.07, 6.45) is 3.11. The van der Waals surface area contributed by atoms with Crippen LogP contribution in [0.2, 0.25) is 0 Å². The van der Waals surface area contributed by atoms with Crippen LogP contribution in [0.3, 0.4) is 0 Å². The topological polar surface area (TPSA) is 37.7 Å². The Morgan fingerprint density at radius 2 is 2.00 bits per heavy atom. The molecule has 0 spiro atoms. The number of hydrogen-bond donors (Lipinski definition) is 0. The highest BCUT2D eigenvalue weighted by Crippen LogP contribution is 2.50. The molecule has 0 aliphatic carbocycles. The first-order valence-electron chi connectivity index (χ1n) is 9.34. The molecule has 0 unspecified atom stereocenters. The molecule has 1 fully saturated rings. The lowest BCUT2D eigenvalue weighted by atomic mass is 9.94. The van der Waals surface area contributed by atoms with Crippen molar-refractivity contribution >= 4 is 16.9 Å². The third kappa shape index (κ3) is 3.09. The molecule has 2 aliphatic heterocycles. The predicted octanol–water partition coefficient (Wildman–Crippen LogP) is 4.85. The van der Waals surface area contributed by atoms with Gasteiger partial charge in [0.15, 0.2) is 5.17 Å². The fourth-order valence-corrected chi connectivity index (χ4v) is 5.11. The highest BCUT2D eigenvalue weighted by molar-refractivity contribution is 8.14. The smallest absolute Gasteiger partial charge is 0.160 e. The van der Waals surface area contributed by atoms with Crippen LogP contribution in [0.15, 0.2) is 53.7 Å². The molecule has 136 valence electrons. The van der Waals surface area contributed by atoms with Crippen molar-refractivity contribution in [2.24, 2.45) is 4.99 Å². The van der Waals surface area contributed by atoms with Crippen LogP contribution >= 0.6 is 11.8 Å². The van der Waals surface area contributed by atoms with Gasteiger partial charge in [0.2, 0.25) is 0 Å². The molecule has 0 N–H and O–H groups in total. The molecule has 26 heavy (non-hydrogen) atoms. The maximum atomic E-state index is 6.15. The van der Waals surface area contributed by atoms with Crippen LogP contribution in [0.25, 0.3) is 0 Å². The minimum atomic E-state index is 0.00459. The van der Waals surface area contributed by atoms with Gasteiger partial charge in [0.25, 0.3) is 0 Å². The Morgan fingerprint density at radius 1 is 1.19 bits per heavy atom. The predicted molar refractivity (Wildman–Crippen MR) is 108 cm³/mol. The maximum Gasteiger partial charge on any atom is 0.160 e. The average molecular weight is 368 g/mol. The van der Waals surface area contributed by atoms with E-state index in [1.165, 1.54) is 5.56 Å². The lowest BCUT2D eigenvalue weighted by Gasteiger charge is -2.33. The number of aromatic nitrogens is 1. The van der Waals surface area contributed by atoms with Gasteiger partial charge in [0.05, 0.1) is 17.8 Å². The van der Waals surface area contributed by atoms with Crippen molar-refractivity contribution in [2.75, 3.05) is 5.75 Å². The van der Waals surface area contributed by atoms with Crippen molar-refractivity contribution in [2.45, 2.75) is 51.4 Å². The molecule has 0 radical (unpaired) electrons. The lowest BCUT2D eigenvalue weighted by Crippen LogP contribution is -2.35. The van der Waals surface area contributed by atoms with Crippen LogP contribution in [-0.2, 0) is 0 Å². The molecule has 4 rings (SSSR count). The first-order chi connectivity index (χ1) is 12.7. The van der Waals surface area contributed by atoms with E-state index in [9.17, 15) is 0 Å². The molecule has 1 aromatic heterocycles. The van der Waals surface area contributed by atoms with Crippen LogP contribution in [0.5, 0.6) is 5.75 Å². The molecule has 2 aromatic rings. The lowest BCUT2D eigenvalue weighted by molar-refractivity contribution is 0.218. The number of benzene rings is 1. The number of amidine groups is 1. The van der Waals surface area contributed by atoms with Crippen molar-refractivity contribution in [3.8, 4) is 5.75 Å². The zero-order valence-electron chi connectivity index (χ0n) is 15.5. The van der Waals surface area contributed by atoms with E-state index in [1.54, 1.807) is 0 Å². The summed E-state index contributed by atoms with van der Waals surface area (Å²) in [5, 5.41) is 1.15. The normalized spacial score (nSPS) is 24.7. The van der Waals surface area contributed by atoms with Gasteiger partial charge in [0.1, 0.15) is 11.8 Å². The average Bonchev–Trinajstić information content (AvgIpc) is 3.21. The fourth-order valence-electron chi connectivity index (χ4n) is 3.77. The van der Waals surface area contributed by atoms with Gasteiger partial charge in [0, 0.05) is 23.6 Å². The van der Waals surface area contributed by atoms with Crippen LogP contribution < -0.4 is 4.74 Å². The van der Waals surface area contributed by atoms with Crippen molar-refractivity contribution in [3.05, 3.63) is 59.9 Å². The largest absolute Gasteiger partial charge is 0.491 e. The number of ether oxygens (including phenoxy) is 1. The van der Waals surface area contributed by atoms with Gasteiger partial charge in [-0.15, -0.1) is 0 Å². The van der Waals surface area contributed by atoms with E-state index in [0.29, 0.717) is 6.04 Å². The molecular weight excluding hydrogens is 342 g/mol. The van der Waals surface area contributed by atoms with E-state index in [2.05, 4.69) is 54.9 Å². The SMILES string of the molecule is CC[C@@H]1CSC2=N[C@H](c3ccccn3)[C@@H](c3ccccc3OC(C)C)N21. The van der Waals surface area contributed by atoms with E-state index in [4.69, 9.17) is 9.73 Å². The summed E-state index contributed by atoms with van der Waals surface area (Å²) in [6.45, 7) is 6.41. The molecule has 5 heteroatoms. The van der Waals surface area contributed by atoms with E-state index in [-0.39, 0.29) is 18.2 Å². The number of para-hydroxylation sites is 1. The molecule has 1 aromatic carbocycles. The minimum absolute atomic E-state index is 0.00459. The highest BCUT2D eigenvalue weighted by atomic mass is 32.2. The van der Waals surface area contributed by atoms with Gasteiger partial charge in [-0.3, -0.25) is 9.98 Å². The number of nitrogens with zero attached hydrogens (tertiary/aromatic N) is 3. The third-order valence-corrected chi connectivity index (χ3v) is 6.06. The van der Waals surface area contributed by atoms with Gasteiger partial charge in [-0.1, -0.05) is 43.0 Å². The summed E-state index contributed by atoms with van der Waals surface area (Å²) in [5.74, 6) is 2.06. The summed E-state index contributed by atoms with van der Waals surface area (Å²) in [6, 6.07) is 15.1. The zero-order valence-corrected chi connectivity index (χ0v) is 16.3. The molecular formula is C21H25N3OS. The second-order valence-corrected chi connectivity index (χ2v) is 8.03. The Morgan fingerprint density at radius 3 is 2.73 bits per heavy atom. The molecule has 2 aliphatic rings. The Bertz CT molecular complexity index is 793. The Balaban J connectivity index is 1.80. The van der Waals surface area contributed by atoms with Crippen molar-refractivity contribution in [3.63, 3.8) is 0 Å². The van der Waals surface area contributed by atoms with Crippen LogP contribution in [-0.4, -0.2) is 33.0 Å². The summed E-state index contributed by atoms with van der Waals surface area (Å²) in [5.41, 5.74) is 2.23. The molecule has 3 atom stereocenters. The number of aliphatic imine (C=N–C) groups is 1. The third-order valence-electron chi connectivity index (χ3n) is 4.93. The summed E-state index contributed by atoms with van der Waals surface area (Å²) in [7, 11) is 0. The number of rotatable bonds is 5. The van der Waals surface area contributed by atoms with Gasteiger partial charge < -0.3 is 9.64 Å². The molecule has 3 heterocycles. The molecule has 0 saturated carbocycles. The van der Waals surface area contributed by atoms with Gasteiger partial charge in [-0.05, 0) is 38.5 Å². The Labute approximate surface area is 159 Å². The molecule has 0 amide bonds. The maximum absolute atomic E-state index is 6.15. The standard InChI is InChI=1S/C21H25N3OS/c1-4-15-13-26-21-23-19(17-10-7-8-12-22-17)20(24(15)21)16-9-5-6-11-18(16)25-14(2)3/h5-12,14-15,19-20H,4,13H2,1-3H3/t15-,19-,20-/m1/s1. The first kappa shape index (κ1) is 17.4. The van der Waals surface area contributed by atoms with Crippen LogP contribution in [0, 0.1) is 0 Å². The molecule has 1 saturated heterocycles. The van der Waals surface area contributed by atoms with Crippen molar-refractivity contribution in [1.82, 2.24) is 9.88 Å². The summed E-state index contributed by atoms with van der Waals surface area (Å²) >= 11 is 1.87. The van der Waals surface area contributed by atoms with Crippen molar-refractivity contribution in [1.29, 1.82) is 0 Å². The first-order valence-corrected chi connectivity index (χ1v) is 10.3. The summed E-state index contributed by atoms with van der Waals surface area (Å²) in [4.78, 5) is 12.2. The Kier molecular flexibility index (Phi) is 4.90. The van der Waals surface area contributed by atoms with Gasteiger partial charge >= 0.3 is 0 Å². The monoisotopic (exact) mass is 367 g/mol. The quantitative estimate of drug-likeness (QED) is 0.757. The van der Waals surface area contributed by atoms with Crippen molar-refractivity contribution < 1.29 is 4.74 Å². The highest BCUT2D eigenvalue weighted by Gasteiger charge is 2.46. The van der Waals surface area contributed by atoms with E-state index in [0.717, 1.165) is 28.8 Å². The van der Waals surface area contributed by atoms with E-state index >= 15 is 0 Å². The van der Waals surface area contributed by atoms with Crippen LogP contribution in [0.4, 0.5) is 0 Å². The van der Waals surface area contributed by atoms with Gasteiger partial charge in [-0.25, -0.2) is 0 Å². The zero-order chi connectivity index (χ0) is 18.1. The van der Waals surface area contributed by atoms with E-state index in [1.807, 2.05) is 36.2 Å². The molecule has 0 bridgehead atoms. The van der Waals surface area contributed by atoms with Gasteiger partial charge in [-0.2, -0.15) is 0 Å². The number of fused-ring (bicyclic) bond motifs is 1. The molecule has 4 nitrogen and oxygen atoms in total. The second-order valence-electron chi connectivity index (χ2n) is 7.04. The summed E-state index contributed by atoms with van der Waals surface area (Å²) < 4.78 is 6.15.